The van der Waals surface area contributed by atoms with Gasteiger partial charge in [0.15, 0.2) is 0 Å². The molecule has 1 aromatic carbocycles. The molecule has 0 fully saturated rings. The van der Waals surface area contributed by atoms with Gasteiger partial charge in [-0.05, 0) is 32.6 Å². The number of anilines is 1. The Morgan fingerprint density at radius 3 is 2.71 bits per heavy atom. The van der Waals surface area contributed by atoms with E-state index in [0.717, 1.165) is 29.1 Å². The zero-order valence-corrected chi connectivity index (χ0v) is 13.2. The lowest BCUT2D eigenvalue weighted by Gasteiger charge is -2.06. The summed E-state index contributed by atoms with van der Waals surface area (Å²) in [5.74, 6) is -0.947. The summed E-state index contributed by atoms with van der Waals surface area (Å²) >= 11 is 1.24. The summed E-state index contributed by atoms with van der Waals surface area (Å²) in [5, 5.41) is 10.2. The number of carboxylic acid groups (broad SMARTS) is 1. The SMILES string of the molecule is Cc1ccc(-c2nc(CCN(C)C)sc2C(=O)O)cc1N. The van der Waals surface area contributed by atoms with Crippen LogP contribution in [0.1, 0.15) is 20.2 Å². The van der Waals surface area contributed by atoms with Crippen molar-refractivity contribution >= 4 is 23.0 Å². The van der Waals surface area contributed by atoms with E-state index >= 15 is 0 Å². The molecule has 0 saturated carbocycles. The number of carbonyl (C=O) groups is 1. The van der Waals surface area contributed by atoms with Crippen molar-refractivity contribution in [2.45, 2.75) is 13.3 Å². The van der Waals surface area contributed by atoms with Crippen LogP contribution >= 0.6 is 11.3 Å². The van der Waals surface area contributed by atoms with E-state index in [-0.39, 0.29) is 4.88 Å². The molecular weight excluding hydrogens is 286 g/mol. The Balaban J connectivity index is 2.41. The van der Waals surface area contributed by atoms with Crippen LogP contribution < -0.4 is 5.73 Å². The molecule has 0 saturated heterocycles. The third kappa shape index (κ3) is 3.59. The first-order chi connectivity index (χ1) is 9.88. The van der Waals surface area contributed by atoms with Gasteiger partial charge in [-0.1, -0.05) is 12.1 Å². The summed E-state index contributed by atoms with van der Waals surface area (Å²) in [7, 11) is 3.96. The lowest BCUT2D eigenvalue weighted by Crippen LogP contribution is -2.14. The molecule has 0 aliphatic carbocycles. The second-order valence-electron chi connectivity index (χ2n) is 5.22. The Morgan fingerprint density at radius 2 is 2.14 bits per heavy atom. The van der Waals surface area contributed by atoms with Gasteiger partial charge in [0.1, 0.15) is 4.88 Å². The minimum absolute atomic E-state index is 0.270. The second kappa shape index (κ2) is 6.24. The molecular formula is C15H19N3O2S. The second-order valence-corrected chi connectivity index (χ2v) is 6.30. The van der Waals surface area contributed by atoms with Crippen LogP contribution in [-0.2, 0) is 6.42 Å². The average Bonchev–Trinajstić information content (AvgIpc) is 2.84. The number of thiazole rings is 1. The molecule has 0 atom stereocenters. The minimum atomic E-state index is -0.947. The summed E-state index contributed by atoms with van der Waals surface area (Å²) in [6.45, 7) is 2.75. The largest absolute Gasteiger partial charge is 0.477 e. The van der Waals surface area contributed by atoms with E-state index in [1.165, 1.54) is 11.3 Å². The highest BCUT2D eigenvalue weighted by Gasteiger charge is 2.19. The summed E-state index contributed by atoms with van der Waals surface area (Å²) in [4.78, 5) is 18.2. The van der Waals surface area contributed by atoms with Gasteiger partial charge in [-0.25, -0.2) is 9.78 Å². The van der Waals surface area contributed by atoms with E-state index in [2.05, 4.69) is 4.98 Å². The molecule has 0 spiro atoms. The third-order valence-electron chi connectivity index (χ3n) is 3.19. The van der Waals surface area contributed by atoms with Gasteiger partial charge >= 0.3 is 5.97 Å². The predicted octanol–water partition coefficient (Wildman–Crippen LogP) is 2.50. The number of aromatic carboxylic acids is 1. The summed E-state index contributed by atoms with van der Waals surface area (Å²) in [6, 6.07) is 5.53. The topological polar surface area (TPSA) is 79.5 Å². The number of likely N-dealkylation sites (N-methyl/N-ethyl adjacent to an activating group) is 1. The Labute approximate surface area is 128 Å². The van der Waals surface area contributed by atoms with E-state index in [9.17, 15) is 9.90 Å². The fraction of sp³-hybridized carbons (Fsp3) is 0.333. The Bertz CT molecular complexity index is 665. The molecule has 0 aliphatic rings. The Kier molecular flexibility index (Phi) is 4.59. The Hall–Kier alpha value is -1.92. The molecule has 0 bridgehead atoms. The molecule has 0 unspecified atom stereocenters. The van der Waals surface area contributed by atoms with Crippen molar-refractivity contribution in [3.8, 4) is 11.3 Å². The van der Waals surface area contributed by atoms with Crippen molar-refractivity contribution in [1.29, 1.82) is 0 Å². The van der Waals surface area contributed by atoms with E-state index < -0.39 is 5.97 Å². The smallest absolute Gasteiger partial charge is 0.348 e. The zero-order chi connectivity index (χ0) is 15.6. The number of nitrogen functional groups attached to an aromatic ring is 1. The lowest BCUT2D eigenvalue weighted by molar-refractivity contribution is 0.0702. The molecule has 21 heavy (non-hydrogen) atoms. The number of nitrogens with two attached hydrogens (primary N) is 1. The Morgan fingerprint density at radius 1 is 1.43 bits per heavy atom. The fourth-order valence-electron chi connectivity index (χ4n) is 1.92. The van der Waals surface area contributed by atoms with Crippen LogP contribution in [0.5, 0.6) is 0 Å². The maximum Gasteiger partial charge on any atom is 0.348 e. The van der Waals surface area contributed by atoms with E-state index in [0.29, 0.717) is 11.4 Å². The van der Waals surface area contributed by atoms with Crippen molar-refractivity contribution in [2.75, 3.05) is 26.4 Å². The van der Waals surface area contributed by atoms with Crippen molar-refractivity contribution in [2.24, 2.45) is 0 Å². The molecule has 3 N–H and O–H groups in total. The number of carboxylic acids is 1. The van der Waals surface area contributed by atoms with Gasteiger partial charge in [-0.2, -0.15) is 0 Å². The van der Waals surface area contributed by atoms with Crippen molar-refractivity contribution < 1.29 is 9.90 Å². The number of rotatable bonds is 5. The lowest BCUT2D eigenvalue weighted by atomic mass is 10.1. The fourth-order valence-corrected chi connectivity index (χ4v) is 2.83. The first kappa shape index (κ1) is 15.5. The van der Waals surface area contributed by atoms with Crippen LogP contribution in [-0.4, -0.2) is 41.6 Å². The highest BCUT2D eigenvalue weighted by Crippen LogP contribution is 2.30. The molecule has 0 amide bonds. The van der Waals surface area contributed by atoms with E-state index in [4.69, 9.17) is 5.73 Å². The van der Waals surface area contributed by atoms with Crippen LogP contribution in [0.4, 0.5) is 5.69 Å². The van der Waals surface area contributed by atoms with Gasteiger partial charge in [0.05, 0.1) is 10.7 Å². The quantitative estimate of drug-likeness (QED) is 0.830. The zero-order valence-electron chi connectivity index (χ0n) is 12.4. The highest BCUT2D eigenvalue weighted by atomic mass is 32.1. The average molecular weight is 305 g/mol. The van der Waals surface area contributed by atoms with Crippen LogP contribution in [0, 0.1) is 6.92 Å². The van der Waals surface area contributed by atoms with E-state index in [1.807, 2.05) is 38.1 Å². The number of hydrogen-bond acceptors (Lipinski definition) is 5. The molecule has 6 heteroatoms. The molecule has 1 heterocycles. The number of benzene rings is 1. The van der Waals surface area contributed by atoms with Gasteiger partial charge in [0.2, 0.25) is 0 Å². The normalized spacial score (nSPS) is 11.0. The molecule has 2 aromatic rings. The maximum absolute atomic E-state index is 11.4. The van der Waals surface area contributed by atoms with Crippen LogP contribution in [0.25, 0.3) is 11.3 Å². The van der Waals surface area contributed by atoms with Gasteiger partial charge in [-0.3, -0.25) is 0 Å². The summed E-state index contributed by atoms with van der Waals surface area (Å²) < 4.78 is 0. The molecule has 0 aliphatic heterocycles. The van der Waals surface area contributed by atoms with Gasteiger partial charge in [0.25, 0.3) is 0 Å². The third-order valence-corrected chi connectivity index (χ3v) is 4.29. The van der Waals surface area contributed by atoms with Crippen molar-refractivity contribution in [3.05, 3.63) is 33.6 Å². The molecule has 1 aromatic heterocycles. The van der Waals surface area contributed by atoms with Gasteiger partial charge in [0, 0.05) is 24.2 Å². The van der Waals surface area contributed by atoms with Crippen LogP contribution in [0.2, 0.25) is 0 Å². The number of aryl methyl sites for hydroxylation is 1. The molecule has 5 nitrogen and oxygen atoms in total. The standard InChI is InChI=1S/C15H19N3O2S/c1-9-4-5-10(8-11(9)16)13-14(15(19)20)21-12(17-13)6-7-18(2)3/h4-5,8H,6-7,16H2,1-3H3,(H,19,20). The predicted molar refractivity (Wildman–Crippen MR) is 85.9 cm³/mol. The van der Waals surface area contributed by atoms with Crippen LogP contribution in [0.3, 0.4) is 0 Å². The van der Waals surface area contributed by atoms with Crippen LogP contribution in [0.15, 0.2) is 18.2 Å². The first-order valence-electron chi connectivity index (χ1n) is 6.62. The minimum Gasteiger partial charge on any atom is -0.477 e. The first-order valence-corrected chi connectivity index (χ1v) is 7.44. The number of hydrogen-bond donors (Lipinski definition) is 2. The van der Waals surface area contributed by atoms with Gasteiger partial charge < -0.3 is 15.7 Å². The summed E-state index contributed by atoms with van der Waals surface area (Å²) in [6.07, 6.45) is 0.735. The van der Waals surface area contributed by atoms with Crippen molar-refractivity contribution in [3.63, 3.8) is 0 Å². The van der Waals surface area contributed by atoms with Crippen molar-refractivity contribution in [1.82, 2.24) is 9.88 Å². The maximum atomic E-state index is 11.4. The number of aromatic nitrogens is 1. The van der Waals surface area contributed by atoms with E-state index in [1.54, 1.807) is 6.07 Å². The van der Waals surface area contributed by atoms with Gasteiger partial charge in [-0.15, -0.1) is 11.3 Å². The highest BCUT2D eigenvalue weighted by molar-refractivity contribution is 7.14. The molecule has 2 rings (SSSR count). The summed E-state index contributed by atoms with van der Waals surface area (Å²) in [5.41, 5.74) is 8.79. The monoisotopic (exact) mass is 305 g/mol. The number of nitrogens with zero attached hydrogens (tertiary/aromatic N) is 2. The molecule has 0 radical (unpaired) electrons. The molecule has 112 valence electrons.